The molecule has 0 fully saturated rings. The second-order valence-electron chi connectivity index (χ2n) is 4.95. The van der Waals surface area contributed by atoms with Crippen LogP contribution >= 0.6 is 15.9 Å². The first-order valence-corrected chi connectivity index (χ1v) is 7.70. The van der Waals surface area contributed by atoms with Gasteiger partial charge in [0.05, 0.1) is 9.89 Å². The molecule has 0 bridgehead atoms. The summed E-state index contributed by atoms with van der Waals surface area (Å²) in [5, 5.41) is 2.93. The molecule has 0 aliphatic rings. The van der Waals surface area contributed by atoms with Crippen molar-refractivity contribution in [3.63, 3.8) is 0 Å². The molecule has 0 heterocycles. The Bertz CT molecular complexity index is 453. The van der Waals surface area contributed by atoms with Crippen molar-refractivity contribution in [3.8, 4) is 0 Å². The maximum atomic E-state index is 13.1. The quantitative estimate of drug-likeness (QED) is 0.798. The SMILES string of the molecule is CCC(CC)(CN)C(=O)NCCc1ccc(F)c(Br)c1. The lowest BCUT2D eigenvalue weighted by atomic mass is 9.81. The molecule has 5 heteroatoms. The van der Waals surface area contributed by atoms with E-state index < -0.39 is 5.41 Å². The van der Waals surface area contributed by atoms with Crippen LogP contribution in [-0.2, 0) is 11.2 Å². The van der Waals surface area contributed by atoms with E-state index in [2.05, 4.69) is 21.2 Å². The Labute approximate surface area is 128 Å². The van der Waals surface area contributed by atoms with Gasteiger partial charge in [-0.2, -0.15) is 0 Å². The summed E-state index contributed by atoms with van der Waals surface area (Å²) in [4.78, 5) is 12.2. The topological polar surface area (TPSA) is 55.1 Å². The summed E-state index contributed by atoms with van der Waals surface area (Å²) in [6.07, 6.45) is 2.13. The highest BCUT2D eigenvalue weighted by Crippen LogP contribution is 2.25. The van der Waals surface area contributed by atoms with Crippen molar-refractivity contribution in [2.75, 3.05) is 13.1 Å². The van der Waals surface area contributed by atoms with Crippen LogP contribution in [0.3, 0.4) is 0 Å². The molecule has 1 amide bonds. The van der Waals surface area contributed by atoms with Crippen molar-refractivity contribution in [1.29, 1.82) is 0 Å². The minimum atomic E-state index is -0.469. The number of nitrogens with two attached hydrogens (primary N) is 1. The largest absolute Gasteiger partial charge is 0.355 e. The molecule has 1 rings (SSSR count). The fourth-order valence-electron chi connectivity index (χ4n) is 2.16. The summed E-state index contributed by atoms with van der Waals surface area (Å²) in [6.45, 7) is 4.84. The number of benzene rings is 1. The summed E-state index contributed by atoms with van der Waals surface area (Å²) in [7, 11) is 0. The Morgan fingerprint density at radius 3 is 2.55 bits per heavy atom. The van der Waals surface area contributed by atoms with E-state index in [-0.39, 0.29) is 11.7 Å². The van der Waals surface area contributed by atoms with Crippen LogP contribution in [0.25, 0.3) is 0 Å². The van der Waals surface area contributed by atoms with Crippen LogP contribution in [0.15, 0.2) is 22.7 Å². The fourth-order valence-corrected chi connectivity index (χ4v) is 2.58. The standard InChI is InChI=1S/C15H22BrFN2O/c1-3-15(4-2,10-18)14(20)19-8-7-11-5-6-13(17)12(16)9-11/h5-6,9H,3-4,7-8,10,18H2,1-2H3,(H,19,20). The molecule has 112 valence electrons. The highest BCUT2D eigenvalue weighted by atomic mass is 79.9. The molecular formula is C15H22BrFN2O. The number of halogens is 2. The Morgan fingerprint density at radius 2 is 2.05 bits per heavy atom. The predicted molar refractivity (Wildman–Crippen MR) is 82.9 cm³/mol. The van der Waals surface area contributed by atoms with Gasteiger partial charge in [0.25, 0.3) is 0 Å². The van der Waals surface area contributed by atoms with Crippen molar-refractivity contribution in [2.24, 2.45) is 11.1 Å². The first kappa shape index (κ1) is 17.1. The van der Waals surface area contributed by atoms with E-state index in [1.807, 2.05) is 13.8 Å². The number of carbonyl (C=O) groups excluding carboxylic acids is 1. The number of amides is 1. The molecule has 0 aromatic heterocycles. The first-order chi connectivity index (χ1) is 9.49. The van der Waals surface area contributed by atoms with E-state index in [9.17, 15) is 9.18 Å². The number of hydrogen-bond donors (Lipinski definition) is 2. The fraction of sp³-hybridized carbons (Fsp3) is 0.533. The maximum absolute atomic E-state index is 13.1. The van der Waals surface area contributed by atoms with Gasteiger partial charge in [0.2, 0.25) is 5.91 Å². The van der Waals surface area contributed by atoms with E-state index in [1.165, 1.54) is 6.07 Å². The number of carbonyl (C=O) groups is 1. The normalized spacial score (nSPS) is 11.4. The zero-order chi connectivity index (χ0) is 15.2. The van der Waals surface area contributed by atoms with Crippen molar-refractivity contribution in [1.82, 2.24) is 5.32 Å². The molecule has 0 aliphatic heterocycles. The van der Waals surface area contributed by atoms with Gasteiger partial charge in [-0.25, -0.2) is 4.39 Å². The molecule has 1 aromatic rings. The van der Waals surface area contributed by atoms with Gasteiger partial charge in [-0.15, -0.1) is 0 Å². The summed E-state index contributed by atoms with van der Waals surface area (Å²) in [5.41, 5.74) is 6.25. The van der Waals surface area contributed by atoms with Crippen LogP contribution < -0.4 is 11.1 Å². The van der Waals surface area contributed by atoms with E-state index in [0.717, 1.165) is 18.4 Å². The average molecular weight is 345 g/mol. The van der Waals surface area contributed by atoms with Crippen LogP contribution in [0.1, 0.15) is 32.3 Å². The first-order valence-electron chi connectivity index (χ1n) is 6.91. The zero-order valence-corrected chi connectivity index (χ0v) is 13.6. The van der Waals surface area contributed by atoms with Gasteiger partial charge in [0, 0.05) is 13.1 Å². The lowest BCUT2D eigenvalue weighted by Crippen LogP contribution is -2.45. The van der Waals surface area contributed by atoms with Crippen molar-refractivity contribution < 1.29 is 9.18 Å². The minimum absolute atomic E-state index is 0.00572. The molecule has 1 aromatic carbocycles. The average Bonchev–Trinajstić information content (AvgIpc) is 2.45. The van der Waals surface area contributed by atoms with E-state index in [1.54, 1.807) is 12.1 Å². The Morgan fingerprint density at radius 1 is 1.40 bits per heavy atom. The van der Waals surface area contributed by atoms with E-state index >= 15 is 0 Å². The molecule has 20 heavy (non-hydrogen) atoms. The smallest absolute Gasteiger partial charge is 0.227 e. The van der Waals surface area contributed by atoms with Gasteiger partial charge in [-0.1, -0.05) is 19.9 Å². The molecule has 0 saturated heterocycles. The molecular weight excluding hydrogens is 323 g/mol. The van der Waals surface area contributed by atoms with Gasteiger partial charge in [0.15, 0.2) is 0 Å². The molecule has 3 N–H and O–H groups in total. The Hall–Kier alpha value is -0.940. The van der Waals surface area contributed by atoms with Gasteiger partial charge >= 0.3 is 0 Å². The van der Waals surface area contributed by atoms with Crippen LogP contribution in [0.4, 0.5) is 4.39 Å². The lowest BCUT2D eigenvalue weighted by Gasteiger charge is -2.28. The van der Waals surface area contributed by atoms with Gasteiger partial charge in [-0.05, 0) is 52.9 Å². The Kier molecular flexibility index (Phi) is 6.62. The van der Waals surface area contributed by atoms with E-state index in [4.69, 9.17) is 5.73 Å². The van der Waals surface area contributed by atoms with E-state index in [0.29, 0.717) is 24.0 Å². The predicted octanol–water partition coefficient (Wildman–Crippen LogP) is 3.01. The van der Waals surface area contributed by atoms with Gasteiger partial charge in [0.1, 0.15) is 5.82 Å². The number of hydrogen-bond acceptors (Lipinski definition) is 2. The monoisotopic (exact) mass is 344 g/mol. The maximum Gasteiger partial charge on any atom is 0.227 e. The summed E-state index contributed by atoms with van der Waals surface area (Å²) in [5.74, 6) is -0.275. The lowest BCUT2D eigenvalue weighted by molar-refractivity contribution is -0.131. The second-order valence-corrected chi connectivity index (χ2v) is 5.80. The Balaban J connectivity index is 2.55. The number of rotatable bonds is 7. The molecule has 0 saturated carbocycles. The highest BCUT2D eigenvalue weighted by molar-refractivity contribution is 9.10. The molecule has 0 spiro atoms. The third-order valence-electron chi connectivity index (χ3n) is 3.91. The molecule has 0 atom stereocenters. The molecule has 0 aliphatic carbocycles. The molecule has 0 radical (unpaired) electrons. The molecule has 0 unspecified atom stereocenters. The summed E-state index contributed by atoms with van der Waals surface area (Å²) in [6, 6.07) is 4.88. The molecule has 3 nitrogen and oxygen atoms in total. The highest BCUT2D eigenvalue weighted by Gasteiger charge is 2.32. The third kappa shape index (κ3) is 4.03. The zero-order valence-electron chi connectivity index (χ0n) is 12.0. The van der Waals surface area contributed by atoms with Crippen LogP contribution in [0, 0.1) is 11.2 Å². The van der Waals surface area contributed by atoms with Crippen LogP contribution in [-0.4, -0.2) is 19.0 Å². The summed E-state index contributed by atoms with van der Waals surface area (Å²) >= 11 is 3.15. The van der Waals surface area contributed by atoms with Crippen LogP contribution in [0.5, 0.6) is 0 Å². The number of nitrogens with one attached hydrogen (secondary N) is 1. The van der Waals surface area contributed by atoms with Gasteiger partial charge in [-0.3, -0.25) is 4.79 Å². The van der Waals surface area contributed by atoms with Crippen LogP contribution in [0.2, 0.25) is 0 Å². The summed E-state index contributed by atoms with van der Waals surface area (Å²) < 4.78 is 13.6. The van der Waals surface area contributed by atoms with Gasteiger partial charge < -0.3 is 11.1 Å². The third-order valence-corrected chi connectivity index (χ3v) is 4.52. The van der Waals surface area contributed by atoms with Crippen molar-refractivity contribution >= 4 is 21.8 Å². The van der Waals surface area contributed by atoms with Crippen molar-refractivity contribution in [3.05, 3.63) is 34.1 Å². The van der Waals surface area contributed by atoms with Crippen molar-refractivity contribution in [2.45, 2.75) is 33.1 Å². The minimum Gasteiger partial charge on any atom is -0.355 e. The second kappa shape index (κ2) is 7.74.